The van der Waals surface area contributed by atoms with Crippen LogP contribution in [0.15, 0.2) is 72.7 Å². The molecule has 5 aliphatic carbocycles. The molecule has 4 aromatic rings. The number of phenols is 1. The Hall–Kier alpha value is -4.83. The van der Waals surface area contributed by atoms with E-state index in [0.29, 0.717) is 59.1 Å². The average Bonchev–Trinajstić information content (AvgIpc) is 4.12. The largest absolute Gasteiger partial charge is 0.508 e. The van der Waals surface area contributed by atoms with Gasteiger partial charge in [-0.2, -0.15) is 0 Å². The molecular weight excluding hydrogens is 917 g/mol. The van der Waals surface area contributed by atoms with Crippen molar-refractivity contribution in [1.29, 1.82) is 0 Å². The van der Waals surface area contributed by atoms with Gasteiger partial charge in [-0.05, 0) is 89.7 Å². The monoisotopic (exact) mass is 976 g/mol. The highest BCUT2D eigenvalue weighted by molar-refractivity contribution is 8.76. The third-order valence-corrected chi connectivity index (χ3v) is 20.3. The van der Waals surface area contributed by atoms with Gasteiger partial charge in [-0.1, -0.05) is 108 Å². The Kier molecular flexibility index (Phi) is 11.2. The number of nitrogens with zero attached hydrogens (tertiary/aromatic N) is 1. The fourth-order valence-corrected chi connectivity index (χ4v) is 16.9. The van der Waals surface area contributed by atoms with Crippen molar-refractivity contribution in [3.05, 3.63) is 112 Å². The lowest BCUT2D eigenvalue weighted by Gasteiger charge is -2.45. The van der Waals surface area contributed by atoms with Crippen LogP contribution in [0.3, 0.4) is 0 Å². The van der Waals surface area contributed by atoms with Crippen molar-refractivity contribution in [2.24, 2.45) is 40.7 Å². The average molecular weight is 977 g/mol. The number of ether oxygens (including phenoxy) is 2. The summed E-state index contributed by atoms with van der Waals surface area (Å²) in [7, 11) is 3.38. The Labute approximate surface area is 416 Å². The lowest BCUT2D eigenvalue weighted by Crippen LogP contribution is -2.50. The Morgan fingerprint density at radius 2 is 1.90 bits per heavy atom. The summed E-state index contributed by atoms with van der Waals surface area (Å²) in [6.45, 7) is 0.601. The van der Waals surface area contributed by atoms with Gasteiger partial charge in [-0.3, -0.25) is 10.1 Å². The van der Waals surface area contributed by atoms with Crippen LogP contribution in [0.25, 0.3) is 10.9 Å². The Balaban J connectivity index is 0.905. The maximum Gasteiger partial charge on any atom is 0.191 e. The van der Waals surface area contributed by atoms with Gasteiger partial charge in [0.25, 0.3) is 0 Å². The molecule has 7 heterocycles. The molecule has 0 saturated heterocycles. The van der Waals surface area contributed by atoms with Crippen molar-refractivity contribution in [3.8, 4) is 41.1 Å². The van der Waals surface area contributed by atoms with Crippen molar-refractivity contribution in [2.75, 3.05) is 12.3 Å². The van der Waals surface area contributed by atoms with Crippen molar-refractivity contribution in [3.63, 3.8) is 0 Å². The van der Waals surface area contributed by atoms with Gasteiger partial charge < -0.3 is 45.2 Å². The molecule has 0 radical (unpaired) electrons. The van der Waals surface area contributed by atoms with Crippen LogP contribution in [0, 0.1) is 58.9 Å². The topological polar surface area (TPSA) is 175 Å². The number of aliphatic hydroxyl groups is 3. The Bertz CT molecular complexity index is 3030. The molecule has 2 aromatic carbocycles. The Morgan fingerprint density at radius 1 is 1.04 bits per heavy atom. The molecule has 2 aromatic heterocycles. The van der Waals surface area contributed by atoms with Crippen LogP contribution in [0.5, 0.6) is 17.2 Å². The first-order valence-corrected chi connectivity index (χ1v) is 28.1. The lowest BCUT2D eigenvalue weighted by atomic mass is 9.62. The van der Waals surface area contributed by atoms with Gasteiger partial charge in [-0.15, -0.1) is 0 Å². The number of fused-ring (bicyclic) bond motifs is 7. The van der Waals surface area contributed by atoms with Gasteiger partial charge in [0.2, 0.25) is 0 Å². The number of Topliss-reactive ketones (excluding diaryl/α,β-unsaturated/α-hetero) is 1. The van der Waals surface area contributed by atoms with Crippen LogP contribution in [0.4, 0.5) is 0 Å². The summed E-state index contributed by atoms with van der Waals surface area (Å²) < 4.78 is 16.0. The molecule has 10 aliphatic rings. The van der Waals surface area contributed by atoms with Gasteiger partial charge in [0.15, 0.2) is 17.7 Å². The van der Waals surface area contributed by atoms with Gasteiger partial charge >= 0.3 is 0 Å². The van der Waals surface area contributed by atoms with E-state index in [1.165, 1.54) is 31.3 Å². The van der Waals surface area contributed by atoms with E-state index in [0.717, 1.165) is 64.4 Å². The van der Waals surface area contributed by atoms with Crippen molar-refractivity contribution < 1.29 is 34.7 Å². The van der Waals surface area contributed by atoms with E-state index >= 15 is 0 Å². The highest BCUT2D eigenvalue weighted by Crippen LogP contribution is 2.56. The maximum atomic E-state index is 14.0. The van der Waals surface area contributed by atoms with Gasteiger partial charge in [0.05, 0.1) is 35.2 Å². The van der Waals surface area contributed by atoms with E-state index in [2.05, 4.69) is 87.7 Å². The van der Waals surface area contributed by atoms with E-state index in [9.17, 15) is 25.2 Å². The zero-order valence-electron chi connectivity index (χ0n) is 39.2. The predicted molar refractivity (Wildman–Crippen MR) is 272 cm³/mol. The first-order chi connectivity index (χ1) is 34.1. The zero-order valence-corrected chi connectivity index (χ0v) is 40.8. The number of carbonyl (C=O) groups is 1. The molecule has 0 amide bonds. The highest BCUT2D eigenvalue weighted by Gasteiger charge is 2.49. The van der Waals surface area contributed by atoms with Crippen LogP contribution >= 0.6 is 21.6 Å². The number of aliphatic hydroxyl groups excluding tert-OH is 3. The fourth-order valence-electron chi connectivity index (χ4n) is 14.3. The standard InChI is InChI=1S/C57H60N4O7S2/c58-54-38-12-11-37-46(63)14-13-44-55-61-26-42-41(25-59-45(42)27-61)36-15-18-57(29-60-54,52(38)51(36)37)30-70-69-28-43-35(49(66)24-50(53(43)68-55)67-20-19-56(44)16-3-4-17-56)10-9-33(62)22-47(64)40-21-32-8-7-31-5-1-2-6-34(31)39(32)23-48(40)65/h7-8,11-12,15,18,21,24-27,31,34,36,39-40,44,46-48,54-55,59-60,63-66H,1-6,9-10,16-17,22-23,28-30,58H2/t31-,34+,36-,39+,40-,44-,46+,47+,48+,54+,55+,57+/m1/s1. The lowest BCUT2D eigenvalue weighted by molar-refractivity contribution is -0.122. The first-order valence-electron chi connectivity index (χ1n) is 25.6. The normalized spacial score (nSPS) is 33.2. The number of hydrogen-bond donors (Lipinski definition) is 7. The number of nitrogens with one attached hydrogen (secondary N) is 2. The maximum absolute atomic E-state index is 14.0. The number of carbonyl (C=O) groups excluding carboxylic acids is 1. The second-order valence-corrected chi connectivity index (χ2v) is 24.1. The van der Waals surface area contributed by atoms with E-state index in [1.807, 2.05) is 12.1 Å². The number of ketones is 1. The number of hydrogen-bond acceptors (Lipinski definition) is 11. The summed E-state index contributed by atoms with van der Waals surface area (Å²) in [4.78, 5) is 17.6. The molecular formula is C57H60N4O7S2. The molecule has 5 aliphatic heterocycles. The number of allylic oxidation sites excluding steroid dienone is 4. The van der Waals surface area contributed by atoms with Crippen LogP contribution in [0.2, 0.25) is 0 Å². The number of aromatic nitrogens is 2. The SMILES string of the molecule is N[C@H]1NC[C@]23C=C[C@H]4c5c(ccc1c52)[C@@H](O)C#C[C@@H]1[C@H](Oc2c(cc(O)c(CCC(=O)C[C@H](O)[C@H]5C=C6C=C[C@H]7CCCC[C@@H]7[C@H]6C[C@@H]5O)c2CSSC3)OC#CC12CCCC2)n1cc2[nH]cc4c2c1. The third-order valence-electron chi connectivity index (χ3n) is 17.9. The predicted octanol–water partition coefficient (Wildman–Crippen LogP) is 8.78. The third kappa shape index (κ3) is 7.28. The summed E-state index contributed by atoms with van der Waals surface area (Å²) >= 11 is 0. The Morgan fingerprint density at radius 3 is 2.79 bits per heavy atom. The molecule has 12 atom stereocenters. The molecule has 8 N–H and O–H groups in total. The minimum Gasteiger partial charge on any atom is -0.508 e. The van der Waals surface area contributed by atoms with E-state index < -0.39 is 47.2 Å². The van der Waals surface area contributed by atoms with Crippen molar-refractivity contribution >= 4 is 38.3 Å². The summed E-state index contributed by atoms with van der Waals surface area (Å²) in [5.74, 6) is 12.3. The smallest absolute Gasteiger partial charge is 0.191 e. The highest BCUT2D eigenvalue weighted by atomic mass is 33.1. The second-order valence-electron chi connectivity index (χ2n) is 21.7. The van der Waals surface area contributed by atoms with E-state index in [-0.39, 0.29) is 48.6 Å². The minimum atomic E-state index is -1.11. The summed E-state index contributed by atoms with van der Waals surface area (Å²) in [6.07, 6.45) is 25.6. The molecule has 70 heavy (non-hydrogen) atoms. The summed E-state index contributed by atoms with van der Waals surface area (Å²) in [6, 6.07) is 5.65. The van der Waals surface area contributed by atoms with Gasteiger partial charge in [0.1, 0.15) is 23.7 Å². The molecule has 2 saturated carbocycles. The number of phenolic OH excluding ortho intramolecular Hbond substituents is 1. The number of nitrogens with two attached hydrogens (primary N) is 1. The molecule has 362 valence electrons. The molecule has 2 spiro atoms. The second kappa shape index (κ2) is 17.4. The zero-order chi connectivity index (χ0) is 47.5. The number of benzene rings is 2. The fraction of sp³-hybridized carbons (Fsp3) is 0.491. The quantitative estimate of drug-likeness (QED) is 0.0559. The number of aromatic amines is 1. The van der Waals surface area contributed by atoms with Crippen LogP contribution in [0.1, 0.15) is 134 Å². The molecule has 0 unspecified atom stereocenters. The minimum absolute atomic E-state index is 0.0216. The molecule has 13 heteroatoms. The number of rotatable bonds is 6. The summed E-state index contributed by atoms with van der Waals surface area (Å²) in [5.41, 5.74) is 14.2. The summed E-state index contributed by atoms with van der Waals surface area (Å²) in [5, 5.41) is 52.2. The van der Waals surface area contributed by atoms with E-state index in [4.69, 9.17) is 15.2 Å². The molecule has 14 rings (SSSR count). The van der Waals surface area contributed by atoms with Crippen LogP contribution in [-0.2, 0) is 22.4 Å². The van der Waals surface area contributed by atoms with Crippen molar-refractivity contribution in [2.45, 2.75) is 125 Å². The number of aromatic hydroxyl groups is 1. The van der Waals surface area contributed by atoms with Crippen molar-refractivity contribution in [1.82, 2.24) is 14.9 Å². The number of H-pyrrole nitrogens is 1. The van der Waals surface area contributed by atoms with Crippen LogP contribution < -0.4 is 20.5 Å². The van der Waals surface area contributed by atoms with E-state index in [1.54, 1.807) is 27.7 Å². The first kappa shape index (κ1) is 45.1. The van der Waals surface area contributed by atoms with Gasteiger partial charge in [-0.25, -0.2) is 0 Å². The molecule has 11 nitrogen and oxygen atoms in total. The van der Waals surface area contributed by atoms with Gasteiger partial charge in [0, 0.05) is 89.3 Å². The molecule has 2 fully saturated rings. The van der Waals surface area contributed by atoms with Crippen LogP contribution in [-0.4, -0.2) is 60.3 Å². The molecule has 10 bridgehead atoms.